The summed E-state index contributed by atoms with van der Waals surface area (Å²) in [4.78, 5) is 0. The van der Waals surface area contributed by atoms with Crippen LogP contribution < -0.4 is 5.73 Å². The number of hydrogen-bond acceptors (Lipinski definition) is 1. The van der Waals surface area contributed by atoms with Crippen LogP contribution in [0, 0.1) is 18.6 Å². The van der Waals surface area contributed by atoms with Crippen molar-refractivity contribution in [2.24, 2.45) is 5.73 Å². The first kappa shape index (κ1) is 14.2. The first-order chi connectivity index (χ1) is 8.99. The van der Waals surface area contributed by atoms with Crippen LogP contribution in [0.4, 0.5) is 8.78 Å². The van der Waals surface area contributed by atoms with E-state index in [1.807, 2.05) is 25.1 Å². The van der Waals surface area contributed by atoms with Crippen LogP contribution in [0.3, 0.4) is 0 Å². The Morgan fingerprint density at radius 1 is 1.16 bits per heavy atom. The summed E-state index contributed by atoms with van der Waals surface area (Å²) in [6, 6.07) is 9.09. The molecule has 4 heteroatoms. The van der Waals surface area contributed by atoms with E-state index in [1.165, 1.54) is 18.2 Å². The molecule has 0 spiro atoms. The molecule has 0 bridgehead atoms. The number of halogens is 3. The van der Waals surface area contributed by atoms with Crippen molar-refractivity contribution in [2.75, 3.05) is 0 Å². The van der Waals surface area contributed by atoms with Crippen LogP contribution in [-0.2, 0) is 6.42 Å². The molecular formula is C15H14BrF2N. The number of benzene rings is 2. The summed E-state index contributed by atoms with van der Waals surface area (Å²) in [7, 11) is 0. The van der Waals surface area contributed by atoms with Crippen LogP contribution in [0.15, 0.2) is 40.9 Å². The highest BCUT2D eigenvalue weighted by atomic mass is 79.9. The average molecular weight is 326 g/mol. The summed E-state index contributed by atoms with van der Waals surface area (Å²) in [6.07, 6.45) is 0.138. The predicted molar refractivity (Wildman–Crippen MR) is 75.9 cm³/mol. The minimum Gasteiger partial charge on any atom is -0.324 e. The lowest BCUT2D eigenvalue weighted by Gasteiger charge is -2.14. The van der Waals surface area contributed by atoms with Gasteiger partial charge in [0.05, 0.1) is 0 Å². The van der Waals surface area contributed by atoms with Gasteiger partial charge in [0.2, 0.25) is 0 Å². The van der Waals surface area contributed by atoms with E-state index in [0.29, 0.717) is 0 Å². The van der Waals surface area contributed by atoms with Crippen molar-refractivity contribution >= 4 is 15.9 Å². The number of hydrogen-bond donors (Lipinski definition) is 1. The molecule has 0 aliphatic rings. The van der Waals surface area contributed by atoms with E-state index in [4.69, 9.17) is 5.73 Å². The van der Waals surface area contributed by atoms with E-state index in [0.717, 1.165) is 15.6 Å². The van der Waals surface area contributed by atoms with Gasteiger partial charge in [0, 0.05) is 16.1 Å². The second-order valence-corrected chi connectivity index (χ2v) is 5.37. The summed E-state index contributed by atoms with van der Waals surface area (Å²) in [6.45, 7) is 1.95. The minimum atomic E-state index is -0.552. The Labute approximate surface area is 119 Å². The average Bonchev–Trinajstić information content (AvgIpc) is 2.37. The molecule has 1 atom stereocenters. The largest absolute Gasteiger partial charge is 0.324 e. The van der Waals surface area contributed by atoms with Crippen molar-refractivity contribution in [3.05, 3.63) is 69.2 Å². The lowest BCUT2D eigenvalue weighted by atomic mass is 9.98. The second-order valence-electron chi connectivity index (χ2n) is 4.52. The van der Waals surface area contributed by atoms with Gasteiger partial charge in [-0.05, 0) is 42.7 Å². The maximum atomic E-state index is 13.6. The van der Waals surface area contributed by atoms with E-state index in [9.17, 15) is 8.78 Å². The standard InChI is InChI=1S/C15H14BrF2N/c1-9-7-10(5-6-12(9)16)15(19)8-11-13(17)3-2-4-14(11)18/h2-7,15H,8,19H2,1H3. The molecule has 0 aromatic heterocycles. The Bertz CT molecular complexity index is 578. The third kappa shape index (κ3) is 3.19. The fourth-order valence-electron chi connectivity index (χ4n) is 1.96. The molecule has 2 aromatic carbocycles. The molecule has 0 aliphatic heterocycles. The molecule has 19 heavy (non-hydrogen) atoms. The Kier molecular flexibility index (Phi) is 4.32. The van der Waals surface area contributed by atoms with Crippen molar-refractivity contribution in [2.45, 2.75) is 19.4 Å². The summed E-state index contributed by atoms with van der Waals surface area (Å²) >= 11 is 3.41. The number of nitrogens with two attached hydrogens (primary N) is 1. The zero-order valence-corrected chi connectivity index (χ0v) is 12.0. The Morgan fingerprint density at radius 2 is 1.79 bits per heavy atom. The zero-order valence-electron chi connectivity index (χ0n) is 10.5. The maximum absolute atomic E-state index is 13.6. The van der Waals surface area contributed by atoms with E-state index in [-0.39, 0.29) is 12.0 Å². The number of aryl methyl sites for hydroxylation is 1. The molecule has 0 saturated carbocycles. The van der Waals surface area contributed by atoms with Gasteiger partial charge >= 0.3 is 0 Å². The molecule has 0 saturated heterocycles. The maximum Gasteiger partial charge on any atom is 0.129 e. The molecule has 0 heterocycles. The smallest absolute Gasteiger partial charge is 0.129 e. The SMILES string of the molecule is Cc1cc(C(N)Cc2c(F)cccc2F)ccc1Br. The minimum absolute atomic E-state index is 0.0376. The van der Waals surface area contributed by atoms with Gasteiger partial charge < -0.3 is 5.73 Å². The van der Waals surface area contributed by atoms with Gasteiger partial charge in [-0.25, -0.2) is 8.78 Å². The van der Waals surface area contributed by atoms with E-state index >= 15 is 0 Å². The molecule has 0 radical (unpaired) electrons. The Hall–Kier alpha value is -1.26. The lowest BCUT2D eigenvalue weighted by Crippen LogP contribution is -2.15. The van der Waals surface area contributed by atoms with Crippen molar-refractivity contribution in [1.82, 2.24) is 0 Å². The van der Waals surface area contributed by atoms with Crippen LogP contribution in [0.5, 0.6) is 0 Å². The first-order valence-corrected chi connectivity index (χ1v) is 6.73. The van der Waals surface area contributed by atoms with Crippen molar-refractivity contribution in [1.29, 1.82) is 0 Å². The van der Waals surface area contributed by atoms with Crippen molar-refractivity contribution in [3.63, 3.8) is 0 Å². The van der Waals surface area contributed by atoms with Gasteiger partial charge in [-0.1, -0.05) is 34.1 Å². The highest BCUT2D eigenvalue weighted by molar-refractivity contribution is 9.10. The van der Waals surface area contributed by atoms with Crippen LogP contribution in [0.1, 0.15) is 22.7 Å². The van der Waals surface area contributed by atoms with E-state index < -0.39 is 17.7 Å². The summed E-state index contributed by atoms with van der Waals surface area (Å²) in [5, 5.41) is 0. The molecule has 2 rings (SSSR count). The normalized spacial score (nSPS) is 12.5. The quantitative estimate of drug-likeness (QED) is 0.895. The van der Waals surface area contributed by atoms with Crippen LogP contribution in [0.2, 0.25) is 0 Å². The molecule has 0 fully saturated rings. The molecule has 0 amide bonds. The topological polar surface area (TPSA) is 26.0 Å². The van der Waals surface area contributed by atoms with Gasteiger partial charge in [-0.2, -0.15) is 0 Å². The molecule has 2 aromatic rings. The Balaban J connectivity index is 2.25. The lowest BCUT2D eigenvalue weighted by molar-refractivity contribution is 0.540. The molecular weight excluding hydrogens is 312 g/mol. The fourth-order valence-corrected chi connectivity index (χ4v) is 2.21. The monoisotopic (exact) mass is 325 g/mol. The van der Waals surface area contributed by atoms with Gasteiger partial charge in [-0.3, -0.25) is 0 Å². The highest BCUT2D eigenvalue weighted by Gasteiger charge is 2.14. The van der Waals surface area contributed by atoms with E-state index in [2.05, 4.69) is 15.9 Å². The zero-order chi connectivity index (χ0) is 14.0. The van der Waals surface area contributed by atoms with Gasteiger partial charge in [0.1, 0.15) is 11.6 Å². The summed E-state index contributed by atoms with van der Waals surface area (Å²) in [5.74, 6) is -1.10. The first-order valence-electron chi connectivity index (χ1n) is 5.93. The third-order valence-electron chi connectivity index (χ3n) is 3.10. The number of rotatable bonds is 3. The fraction of sp³-hybridized carbons (Fsp3) is 0.200. The molecule has 2 N–H and O–H groups in total. The Morgan fingerprint density at radius 3 is 2.37 bits per heavy atom. The van der Waals surface area contributed by atoms with Gasteiger partial charge in [-0.15, -0.1) is 0 Å². The van der Waals surface area contributed by atoms with Gasteiger partial charge in [0.25, 0.3) is 0 Å². The second kappa shape index (κ2) is 5.80. The molecule has 1 unspecified atom stereocenters. The van der Waals surface area contributed by atoms with Gasteiger partial charge in [0.15, 0.2) is 0 Å². The third-order valence-corrected chi connectivity index (χ3v) is 3.99. The van der Waals surface area contributed by atoms with Crippen LogP contribution in [0.25, 0.3) is 0 Å². The molecule has 0 aliphatic carbocycles. The molecule has 100 valence electrons. The predicted octanol–water partition coefficient (Wildman–Crippen LogP) is 4.28. The van der Waals surface area contributed by atoms with Crippen LogP contribution in [-0.4, -0.2) is 0 Å². The highest BCUT2D eigenvalue weighted by Crippen LogP contribution is 2.24. The van der Waals surface area contributed by atoms with Crippen molar-refractivity contribution in [3.8, 4) is 0 Å². The molecule has 1 nitrogen and oxygen atoms in total. The summed E-state index contributed by atoms with van der Waals surface area (Å²) in [5.41, 5.74) is 7.98. The van der Waals surface area contributed by atoms with Crippen LogP contribution >= 0.6 is 15.9 Å². The van der Waals surface area contributed by atoms with E-state index in [1.54, 1.807) is 0 Å². The van der Waals surface area contributed by atoms with Crippen molar-refractivity contribution < 1.29 is 8.78 Å². The summed E-state index contributed by atoms with van der Waals surface area (Å²) < 4.78 is 28.1.